The molecule has 0 bridgehead atoms. The molecule has 0 aromatic carbocycles. The Labute approximate surface area is 192 Å². The largest absolute Gasteiger partial charge is 0.356 e. The minimum absolute atomic E-state index is 0.0374. The summed E-state index contributed by atoms with van der Waals surface area (Å²) in [5.74, 6) is -0.110. The Morgan fingerprint density at radius 1 is 0.562 bits per heavy atom. The fourth-order valence-corrected chi connectivity index (χ4v) is 3.03. The van der Waals surface area contributed by atoms with Crippen LogP contribution in [0.4, 0.5) is 9.59 Å². The molecule has 0 saturated carbocycles. The second kappa shape index (κ2) is 20.5. The zero-order chi connectivity index (χ0) is 24.0. The van der Waals surface area contributed by atoms with Crippen LogP contribution in [0.3, 0.4) is 0 Å². The predicted octanol–water partition coefficient (Wildman–Crippen LogP) is 1.84. The number of rotatable bonds is 18. The molecular formula is C22H44N6O4. The van der Waals surface area contributed by atoms with Crippen LogP contribution in [-0.2, 0) is 9.59 Å². The molecule has 10 nitrogen and oxygen atoms in total. The molecule has 0 heterocycles. The van der Waals surface area contributed by atoms with Crippen LogP contribution in [0.2, 0.25) is 0 Å². The third kappa shape index (κ3) is 18.4. The summed E-state index contributed by atoms with van der Waals surface area (Å²) in [4.78, 5) is 48.1. The molecule has 0 radical (unpaired) electrons. The second-order valence-corrected chi connectivity index (χ2v) is 7.91. The Kier molecular flexibility index (Phi) is 19.0. The van der Waals surface area contributed by atoms with Crippen molar-refractivity contribution in [2.45, 2.75) is 78.1 Å². The third-order valence-corrected chi connectivity index (χ3v) is 4.83. The fraction of sp³-hybridized carbons (Fsp3) is 0.818. The van der Waals surface area contributed by atoms with Crippen LogP contribution in [0.15, 0.2) is 0 Å². The summed E-state index contributed by atoms with van der Waals surface area (Å²) < 4.78 is 0. The van der Waals surface area contributed by atoms with E-state index in [1.807, 2.05) is 0 Å². The van der Waals surface area contributed by atoms with Gasteiger partial charge in [-0.2, -0.15) is 0 Å². The number of urea groups is 2. The van der Waals surface area contributed by atoms with E-state index in [-0.39, 0.29) is 17.8 Å². The fourth-order valence-electron chi connectivity index (χ4n) is 3.03. The summed E-state index contributed by atoms with van der Waals surface area (Å²) in [6.45, 7) is 6.16. The minimum Gasteiger partial charge on any atom is -0.356 e. The quantitative estimate of drug-likeness (QED) is 0.200. The van der Waals surface area contributed by atoms with Gasteiger partial charge in [0, 0.05) is 46.6 Å². The molecule has 0 atom stereocenters. The van der Waals surface area contributed by atoms with E-state index >= 15 is 0 Å². The minimum atomic E-state index is -0.400. The molecular weight excluding hydrogens is 412 g/mol. The number of nitrogens with zero attached hydrogens (tertiary/aromatic N) is 1. The highest BCUT2D eigenvalue weighted by Gasteiger charge is 2.20. The number of carbonyl (C=O) groups excluding carboxylic acids is 4. The topological polar surface area (TPSA) is 146 Å². The van der Waals surface area contributed by atoms with Gasteiger partial charge in [-0.15, -0.1) is 0 Å². The number of carbonyl (C=O) groups is 4. The first-order valence-corrected chi connectivity index (χ1v) is 11.9. The van der Waals surface area contributed by atoms with Gasteiger partial charge < -0.3 is 27.0 Å². The van der Waals surface area contributed by atoms with Gasteiger partial charge in [-0.25, -0.2) is 14.5 Å². The first-order chi connectivity index (χ1) is 15.4. The highest BCUT2D eigenvalue weighted by molar-refractivity contribution is 5.93. The molecule has 0 aromatic rings. The summed E-state index contributed by atoms with van der Waals surface area (Å²) >= 11 is 0. The monoisotopic (exact) mass is 456 g/mol. The van der Waals surface area contributed by atoms with E-state index in [0.717, 1.165) is 51.4 Å². The van der Waals surface area contributed by atoms with Crippen LogP contribution >= 0.6 is 0 Å². The van der Waals surface area contributed by atoms with Gasteiger partial charge in [0.2, 0.25) is 11.8 Å². The zero-order valence-electron chi connectivity index (χ0n) is 20.0. The van der Waals surface area contributed by atoms with Crippen molar-refractivity contribution in [2.24, 2.45) is 5.73 Å². The Bertz CT molecular complexity index is 545. The van der Waals surface area contributed by atoms with Crippen LogP contribution in [-0.4, -0.2) is 68.0 Å². The maximum atomic E-state index is 12.6. The Morgan fingerprint density at radius 2 is 0.938 bits per heavy atom. The van der Waals surface area contributed by atoms with Crippen LogP contribution in [0, 0.1) is 0 Å². The van der Waals surface area contributed by atoms with Gasteiger partial charge in [-0.3, -0.25) is 9.59 Å². The lowest BCUT2D eigenvalue weighted by Crippen LogP contribution is -2.49. The Balaban J connectivity index is 4.34. The van der Waals surface area contributed by atoms with Crippen LogP contribution in [0.5, 0.6) is 0 Å². The molecule has 0 aromatic heterocycles. The van der Waals surface area contributed by atoms with Crippen molar-refractivity contribution in [1.82, 2.24) is 26.2 Å². The van der Waals surface area contributed by atoms with E-state index in [2.05, 4.69) is 21.3 Å². The maximum absolute atomic E-state index is 12.6. The molecule has 6 N–H and O–H groups in total. The third-order valence-electron chi connectivity index (χ3n) is 4.83. The smallest absolute Gasteiger partial charge is 0.325 e. The number of amides is 6. The molecule has 0 rings (SSSR count). The number of unbranched alkanes of at least 4 members (excludes halogenated alkanes) is 7. The van der Waals surface area contributed by atoms with Crippen molar-refractivity contribution in [3.8, 4) is 0 Å². The highest BCUT2D eigenvalue weighted by Crippen LogP contribution is 2.04. The van der Waals surface area contributed by atoms with E-state index in [1.165, 1.54) is 18.7 Å². The molecule has 6 amide bonds. The van der Waals surface area contributed by atoms with Crippen molar-refractivity contribution in [1.29, 1.82) is 0 Å². The number of imide groups is 1. The van der Waals surface area contributed by atoms with Gasteiger partial charge in [0.15, 0.2) is 0 Å². The number of nitrogens with two attached hydrogens (primary N) is 1. The zero-order valence-corrected chi connectivity index (χ0v) is 20.0. The molecule has 0 saturated heterocycles. The van der Waals surface area contributed by atoms with Gasteiger partial charge in [0.05, 0.1) is 0 Å². The number of hydrogen-bond donors (Lipinski definition) is 5. The summed E-state index contributed by atoms with van der Waals surface area (Å²) in [6.07, 6.45) is 8.69. The van der Waals surface area contributed by atoms with Crippen molar-refractivity contribution < 1.29 is 19.2 Å². The highest BCUT2D eigenvalue weighted by atomic mass is 16.2. The van der Waals surface area contributed by atoms with Gasteiger partial charge in [-0.1, -0.05) is 25.7 Å². The average Bonchev–Trinajstić information content (AvgIpc) is 2.74. The maximum Gasteiger partial charge on any atom is 0.325 e. The lowest BCUT2D eigenvalue weighted by molar-refractivity contribution is -0.119. The van der Waals surface area contributed by atoms with Crippen molar-refractivity contribution >= 4 is 23.9 Å². The standard InChI is InChI=1S/C22H44N6O4/c1-19(29)24-14-8-5-6-12-18-28(21(31)26-16-9-4-3-7-13-23)22(32)27-17-11-10-15-25-20(2)30/h3-18,23H2,1-2H3,(H,24,29)(H,25,30)(H,26,31)(H,27,32). The van der Waals surface area contributed by atoms with Crippen LogP contribution in [0.1, 0.15) is 78.1 Å². The lowest BCUT2D eigenvalue weighted by Gasteiger charge is -2.22. The first kappa shape index (κ1) is 29.6. The second-order valence-electron chi connectivity index (χ2n) is 7.91. The summed E-state index contributed by atoms with van der Waals surface area (Å²) in [5, 5.41) is 11.1. The summed E-state index contributed by atoms with van der Waals surface area (Å²) in [5.41, 5.74) is 5.48. The van der Waals surface area contributed by atoms with Crippen molar-refractivity contribution in [3.05, 3.63) is 0 Å². The molecule has 0 spiro atoms. The SMILES string of the molecule is CC(=O)NCCCCCCN(C(=O)NCCCCCCN)C(=O)NCCCCNC(C)=O. The van der Waals surface area contributed by atoms with Gasteiger partial charge in [-0.05, 0) is 45.1 Å². The van der Waals surface area contributed by atoms with E-state index in [9.17, 15) is 19.2 Å². The van der Waals surface area contributed by atoms with E-state index in [0.29, 0.717) is 52.1 Å². The molecule has 0 unspecified atom stereocenters. The van der Waals surface area contributed by atoms with Crippen LogP contribution in [0.25, 0.3) is 0 Å². The molecule has 0 aliphatic rings. The number of nitrogens with one attached hydrogen (secondary N) is 4. The predicted molar refractivity (Wildman–Crippen MR) is 126 cm³/mol. The summed E-state index contributed by atoms with van der Waals surface area (Å²) in [6, 6.07) is -0.777. The molecule has 186 valence electrons. The van der Waals surface area contributed by atoms with E-state index in [4.69, 9.17) is 5.73 Å². The summed E-state index contributed by atoms with van der Waals surface area (Å²) in [7, 11) is 0. The number of hydrogen-bond acceptors (Lipinski definition) is 5. The molecule has 0 aliphatic carbocycles. The Morgan fingerprint density at radius 3 is 1.38 bits per heavy atom. The van der Waals surface area contributed by atoms with Gasteiger partial charge >= 0.3 is 12.1 Å². The molecule has 0 fully saturated rings. The van der Waals surface area contributed by atoms with Crippen LogP contribution < -0.4 is 27.0 Å². The Hall–Kier alpha value is -2.36. The van der Waals surface area contributed by atoms with E-state index in [1.54, 1.807) is 0 Å². The molecule has 0 aliphatic heterocycles. The average molecular weight is 457 g/mol. The lowest BCUT2D eigenvalue weighted by atomic mass is 10.2. The van der Waals surface area contributed by atoms with Gasteiger partial charge in [0.25, 0.3) is 0 Å². The van der Waals surface area contributed by atoms with Crippen molar-refractivity contribution in [3.63, 3.8) is 0 Å². The van der Waals surface area contributed by atoms with Crippen molar-refractivity contribution in [2.75, 3.05) is 39.3 Å². The van der Waals surface area contributed by atoms with E-state index < -0.39 is 6.03 Å². The van der Waals surface area contributed by atoms with Gasteiger partial charge in [0.1, 0.15) is 0 Å². The molecule has 32 heavy (non-hydrogen) atoms. The first-order valence-electron chi connectivity index (χ1n) is 11.9. The molecule has 10 heteroatoms. The normalized spacial score (nSPS) is 10.3.